The van der Waals surface area contributed by atoms with Crippen LogP contribution in [0.1, 0.15) is 49.2 Å². The van der Waals surface area contributed by atoms with Crippen molar-refractivity contribution in [3.8, 4) is 11.4 Å². The molecule has 1 N–H and O–H groups in total. The van der Waals surface area contributed by atoms with Gasteiger partial charge in [-0.2, -0.15) is 0 Å². The number of nitrogens with one attached hydrogen (secondary N) is 1. The summed E-state index contributed by atoms with van der Waals surface area (Å²) in [4.78, 5) is 7.11. The van der Waals surface area contributed by atoms with Crippen molar-refractivity contribution >= 4 is 17.3 Å². The van der Waals surface area contributed by atoms with Crippen LogP contribution in [-0.2, 0) is 0 Å². The molecule has 0 unspecified atom stereocenters. The number of ether oxygens (including phenoxy) is 1. The molecule has 2 aromatic heterocycles. The number of benzene rings is 1. The van der Waals surface area contributed by atoms with Gasteiger partial charge in [0.1, 0.15) is 5.75 Å². The molecular weight excluding hydrogens is 392 g/mol. The molecule has 2 atom stereocenters. The van der Waals surface area contributed by atoms with E-state index in [9.17, 15) is 0 Å². The van der Waals surface area contributed by atoms with Gasteiger partial charge in [-0.15, -0.1) is 0 Å². The van der Waals surface area contributed by atoms with Crippen molar-refractivity contribution in [2.45, 2.75) is 43.8 Å². The van der Waals surface area contributed by atoms with Crippen molar-refractivity contribution in [3.05, 3.63) is 78.4 Å². The lowest BCUT2D eigenvalue weighted by Crippen LogP contribution is -2.38. The minimum absolute atomic E-state index is 0.0196. The van der Waals surface area contributed by atoms with Crippen LogP contribution in [0.2, 0.25) is 0 Å². The monoisotopic (exact) mass is 418 g/mol. The zero-order valence-corrected chi connectivity index (χ0v) is 17.9. The number of rotatable bonds is 5. The predicted octanol–water partition coefficient (Wildman–Crippen LogP) is 4.80. The van der Waals surface area contributed by atoms with E-state index in [0.29, 0.717) is 6.04 Å². The molecule has 1 aromatic carbocycles. The second-order valence-electron chi connectivity index (χ2n) is 7.97. The molecule has 1 aliphatic heterocycles. The Morgan fingerprint density at radius 1 is 1.03 bits per heavy atom. The SMILES string of the molecule is COc1ccc(-n2cccc2[C@@H]2[C@H](c3ccccn3)NC(=S)N2C2CCCC2)cc1. The topological polar surface area (TPSA) is 42.3 Å². The summed E-state index contributed by atoms with van der Waals surface area (Å²) in [6.45, 7) is 0. The molecule has 0 spiro atoms. The normalized spacial score (nSPS) is 21.8. The second-order valence-corrected chi connectivity index (χ2v) is 8.36. The van der Waals surface area contributed by atoms with Crippen LogP contribution in [-0.4, -0.2) is 32.7 Å². The van der Waals surface area contributed by atoms with Crippen LogP contribution in [0.15, 0.2) is 67.0 Å². The lowest BCUT2D eigenvalue weighted by molar-refractivity contribution is 0.239. The van der Waals surface area contributed by atoms with Crippen LogP contribution in [0.3, 0.4) is 0 Å². The molecule has 6 heteroatoms. The maximum absolute atomic E-state index is 5.86. The van der Waals surface area contributed by atoms with Crippen molar-refractivity contribution in [2.75, 3.05) is 7.11 Å². The Bertz CT molecular complexity index is 1010. The second kappa shape index (κ2) is 8.11. The molecule has 30 heavy (non-hydrogen) atoms. The summed E-state index contributed by atoms with van der Waals surface area (Å²) in [7, 11) is 1.69. The highest BCUT2D eigenvalue weighted by Gasteiger charge is 2.44. The summed E-state index contributed by atoms with van der Waals surface area (Å²) >= 11 is 5.86. The number of aromatic nitrogens is 2. The van der Waals surface area contributed by atoms with Gasteiger partial charge in [0.05, 0.1) is 24.9 Å². The molecule has 0 amide bonds. The zero-order chi connectivity index (χ0) is 20.5. The Hall–Kier alpha value is -2.86. The maximum Gasteiger partial charge on any atom is 0.170 e. The summed E-state index contributed by atoms with van der Waals surface area (Å²) in [5.41, 5.74) is 3.35. The molecule has 3 aromatic rings. The molecule has 0 bridgehead atoms. The lowest BCUT2D eigenvalue weighted by atomic mass is 9.99. The van der Waals surface area contributed by atoms with Gasteiger partial charge < -0.3 is 19.5 Å². The average molecular weight is 419 g/mol. The van der Waals surface area contributed by atoms with E-state index in [1.54, 1.807) is 7.11 Å². The number of hydrogen-bond donors (Lipinski definition) is 1. The maximum atomic E-state index is 5.86. The quantitative estimate of drug-likeness (QED) is 0.603. The zero-order valence-electron chi connectivity index (χ0n) is 17.1. The molecule has 154 valence electrons. The molecule has 5 rings (SSSR count). The first-order chi connectivity index (χ1) is 14.8. The number of methoxy groups -OCH3 is 1. The highest BCUT2D eigenvalue weighted by molar-refractivity contribution is 7.80. The van der Waals surface area contributed by atoms with Gasteiger partial charge in [0.25, 0.3) is 0 Å². The first-order valence-corrected chi connectivity index (χ1v) is 11.0. The Balaban J connectivity index is 1.59. The third kappa shape index (κ3) is 3.35. The summed E-state index contributed by atoms with van der Waals surface area (Å²) in [5, 5.41) is 4.43. The summed E-state index contributed by atoms with van der Waals surface area (Å²) in [6.07, 6.45) is 8.90. The Kier molecular flexibility index (Phi) is 5.17. The van der Waals surface area contributed by atoms with Gasteiger partial charge in [-0.1, -0.05) is 18.9 Å². The number of thiocarbonyl (C=S) groups is 1. The molecule has 3 heterocycles. The van der Waals surface area contributed by atoms with Crippen LogP contribution in [0, 0.1) is 0 Å². The fraction of sp³-hybridized carbons (Fsp3) is 0.333. The molecule has 0 radical (unpaired) electrons. The minimum atomic E-state index is 0.0196. The van der Waals surface area contributed by atoms with E-state index < -0.39 is 0 Å². The molecule has 2 aliphatic rings. The van der Waals surface area contributed by atoms with E-state index in [1.807, 2.05) is 30.5 Å². The minimum Gasteiger partial charge on any atom is -0.497 e. The van der Waals surface area contributed by atoms with Gasteiger partial charge in [0, 0.05) is 29.8 Å². The van der Waals surface area contributed by atoms with Gasteiger partial charge in [0.15, 0.2) is 5.11 Å². The van der Waals surface area contributed by atoms with Gasteiger partial charge in [-0.3, -0.25) is 4.98 Å². The van der Waals surface area contributed by atoms with Gasteiger partial charge >= 0.3 is 0 Å². The van der Waals surface area contributed by atoms with Gasteiger partial charge in [-0.05, 0) is 73.6 Å². The van der Waals surface area contributed by atoms with Crippen LogP contribution >= 0.6 is 12.2 Å². The number of hydrogen-bond acceptors (Lipinski definition) is 3. The van der Waals surface area contributed by atoms with E-state index in [1.165, 1.54) is 31.4 Å². The van der Waals surface area contributed by atoms with E-state index >= 15 is 0 Å². The van der Waals surface area contributed by atoms with E-state index in [2.05, 4.69) is 56.3 Å². The van der Waals surface area contributed by atoms with Crippen molar-refractivity contribution in [1.82, 2.24) is 19.8 Å². The predicted molar refractivity (Wildman–Crippen MR) is 122 cm³/mol. The van der Waals surface area contributed by atoms with Gasteiger partial charge in [-0.25, -0.2) is 0 Å². The van der Waals surface area contributed by atoms with E-state index in [0.717, 1.165) is 22.2 Å². The molecule has 5 nitrogen and oxygen atoms in total. The smallest absolute Gasteiger partial charge is 0.170 e. The third-order valence-corrected chi connectivity index (χ3v) is 6.62. The summed E-state index contributed by atoms with van der Waals surface area (Å²) < 4.78 is 7.60. The standard InChI is InChI=1S/C24H26N4OS/c1-29-19-13-11-17(12-14-19)27-16-6-10-21(27)23-22(20-9-4-5-15-25-20)26-24(30)28(23)18-7-2-3-8-18/h4-6,9-16,18,22-23H,2-3,7-8H2,1H3,(H,26,30)/t22-,23+/m0/s1. The summed E-state index contributed by atoms with van der Waals surface area (Å²) in [6, 6.07) is 19.2. The highest BCUT2D eigenvalue weighted by Crippen LogP contribution is 2.43. The van der Waals surface area contributed by atoms with Crippen molar-refractivity contribution in [3.63, 3.8) is 0 Å². The molecule has 2 fully saturated rings. The first-order valence-electron chi connectivity index (χ1n) is 10.6. The fourth-order valence-corrected chi connectivity index (χ4v) is 5.26. The average Bonchev–Trinajstić information content (AvgIpc) is 3.54. The van der Waals surface area contributed by atoms with Crippen molar-refractivity contribution in [2.24, 2.45) is 0 Å². The van der Waals surface area contributed by atoms with Crippen LogP contribution < -0.4 is 10.1 Å². The number of nitrogens with zero attached hydrogens (tertiary/aromatic N) is 3. The van der Waals surface area contributed by atoms with Crippen LogP contribution in [0.25, 0.3) is 5.69 Å². The van der Waals surface area contributed by atoms with Crippen molar-refractivity contribution in [1.29, 1.82) is 0 Å². The van der Waals surface area contributed by atoms with Crippen LogP contribution in [0.5, 0.6) is 5.75 Å². The largest absolute Gasteiger partial charge is 0.497 e. The van der Waals surface area contributed by atoms with E-state index in [-0.39, 0.29) is 12.1 Å². The number of pyridine rings is 1. The summed E-state index contributed by atoms with van der Waals surface area (Å²) in [5.74, 6) is 0.857. The molecular formula is C24H26N4OS. The Morgan fingerprint density at radius 3 is 2.53 bits per heavy atom. The molecule has 1 aliphatic carbocycles. The highest BCUT2D eigenvalue weighted by atomic mass is 32.1. The Morgan fingerprint density at radius 2 is 1.83 bits per heavy atom. The van der Waals surface area contributed by atoms with Crippen molar-refractivity contribution < 1.29 is 4.74 Å². The lowest BCUT2D eigenvalue weighted by Gasteiger charge is -2.33. The van der Waals surface area contributed by atoms with Gasteiger partial charge in [0.2, 0.25) is 0 Å². The fourth-order valence-electron chi connectivity index (χ4n) is 4.87. The van der Waals surface area contributed by atoms with E-state index in [4.69, 9.17) is 17.0 Å². The molecule has 1 saturated carbocycles. The third-order valence-electron chi connectivity index (χ3n) is 6.29. The first kappa shape index (κ1) is 19.1. The van der Waals surface area contributed by atoms with Crippen LogP contribution in [0.4, 0.5) is 0 Å². The Labute approximate surface area is 182 Å². The molecule has 1 saturated heterocycles.